The fourth-order valence-electron chi connectivity index (χ4n) is 2.76. The molecule has 0 spiro atoms. The quantitative estimate of drug-likeness (QED) is 0.705. The number of allylic oxidation sites excluding steroid dienone is 2. The Morgan fingerprint density at radius 3 is 2.12 bits per heavy atom. The molecule has 1 heteroatoms. The van der Waals surface area contributed by atoms with Gasteiger partial charge in [0.1, 0.15) is 0 Å². The molecule has 1 nitrogen and oxygen atoms in total. The van der Waals surface area contributed by atoms with E-state index < -0.39 is 0 Å². The number of carbonyl (C=O) groups excluding carboxylic acids is 1. The predicted molar refractivity (Wildman–Crippen MR) is 71.8 cm³/mol. The molecule has 2 rings (SSSR count). The summed E-state index contributed by atoms with van der Waals surface area (Å²) in [6.07, 6.45) is 1.68. The Balaban J connectivity index is 2.44. The topological polar surface area (TPSA) is 17.1 Å². The molecule has 0 N–H and O–H groups in total. The molecule has 1 aromatic carbocycles. The van der Waals surface area contributed by atoms with Crippen LogP contribution in [-0.2, 0) is 4.79 Å². The Labute approximate surface area is 104 Å². The summed E-state index contributed by atoms with van der Waals surface area (Å²) in [4.78, 5) is 12.2. The Morgan fingerprint density at radius 1 is 1.00 bits per heavy atom. The summed E-state index contributed by atoms with van der Waals surface area (Å²) in [6.45, 7) is 8.49. The summed E-state index contributed by atoms with van der Waals surface area (Å²) in [5.41, 5.74) is 4.61. The van der Waals surface area contributed by atoms with Crippen molar-refractivity contribution in [1.82, 2.24) is 0 Å². The standard InChI is InChI=1S/C16H20O/c1-11-5-7-13(8-6-11)15-12(2)9-16(3,4)10-14(15)17/h5-8H,9-10H2,1-4H3. The number of carbonyl (C=O) groups is 1. The highest BCUT2D eigenvalue weighted by Gasteiger charge is 2.31. The average molecular weight is 228 g/mol. The molecular formula is C16H20O. The van der Waals surface area contributed by atoms with Crippen molar-refractivity contribution in [3.63, 3.8) is 0 Å². The molecule has 0 bridgehead atoms. The molecule has 0 unspecified atom stereocenters. The summed E-state index contributed by atoms with van der Waals surface area (Å²) >= 11 is 0. The molecule has 0 atom stereocenters. The molecule has 90 valence electrons. The maximum Gasteiger partial charge on any atom is 0.163 e. The first-order valence-electron chi connectivity index (χ1n) is 6.19. The van der Waals surface area contributed by atoms with E-state index >= 15 is 0 Å². The van der Waals surface area contributed by atoms with Gasteiger partial charge >= 0.3 is 0 Å². The number of aryl methyl sites for hydroxylation is 1. The van der Waals surface area contributed by atoms with E-state index in [0.29, 0.717) is 12.2 Å². The van der Waals surface area contributed by atoms with E-state index in [-0.39, 0.29) is 5.41 Å². The van der Waals surface area contributed by atoms with Crippen LogP contribution in [0.25, 0.3) is 5.57 Å². The Bertz CT molecular complexity index is 475. The lowest BCUT2D eigenvalue weighted by molar-refractivity contribution is -0.116. The van der Waals surface area contributed by atoms with E-state index in [1.807, 2.05) is 0 Å². The molecule has 1 aromatic rings. The fourth-order valence-corrected chi connectivity index (χ4v) is 2.76. The maximum absolute atomic E-state index is 12.2. The lowest BCUT2D eigenvalue weighted by Gasteiger charge is -2.31. The van der Waals surface area contributed by atoms with Gasteiger partial charge in [0.25, 0.3) is 0 Å². The van der Waals surface area contributed by atoms with Crippen LogP contribution >= 0.6 is 0 Å². The van der Waals surface area contributed by atoms with Gasteiger partial charge in [-0.3, -0.25) is 4.79 Å². The maximum atomic E-state index is 12.2. The van der Waals surface area contributed by atoms with Crippen LogP contribution in [0.15, 0.2) is 29.8 Å². The highest BCUT2D eigenvalue weighted by Crippen LogP contribution is 2.39. The number of rotatable bonds is 1. The van der Waals surface area contributed by atoms with E-state index in [2.05, 4.69) is 52.0 Å². The lowest BCUT2D eigenvalue weighted by atomic mass is 9.72. The SMILES string of the molecule is CC1=C(c2ccc(C)cc2)C(=O)CC(C)(C)C1. The molecule has 17 heavy (non-hydrogen) atoms. The smallest absolute Gasteiger partial charge is 0.163 e. The van der Waals surface area contributed by atoms with Gasteiger partial charge in [0.05, 0.1) is 0 Å². The molecule has 1 aliphatic carbocycles. The lowest BCUT2D eigenvalue weighted by Crippen LogP contribution is -2.24. The van der Waals surface area contributed by atoms with E-state index in [1.165, 1.54) is 11.1 Å². The molecule has 0 aromatic heterocycles. The Hall–Kier alpha value is -1.37. The van der Waals surface area contributed by atoms with E-state index in [9.17, 15) is 4.79 Å². The molecule has 0 amide bonds. The minimum Gasteiger partial charge on any atom is -0.294 e. The first-order valence-corrected chi connectivity index (χ1v) is 6.19. The van der Waals surface area contributed by atoms with Crippen molar-refractivity contribution >= 4 is 11.4 Å². The molecular weight excluding hydrogens is 208 g/mol. The normalized spacial score (nSPS) is 19.6. The van der Waals surface area contributed by atoms with Crippen LogP contribution < -0.4 is 0 Å². The molecule has 1 aliphatic rings. The fraction of sp³-hybridized carbons (Fsp3) is 0.438. The van der Waals surface area contributed by atoms with Crippen LogP contribution in [0.1, 0.15) is 44.7 Å². The van der Waals surface area contributed by atoms with Gasteiger partial charge < -0.3 is 0 Å². The predicted octanol–water partition coefficient (Wildman–Crippen LogP) is 4.16. The Kier molecular flexibility index (Phi) is 2.94. The van der Waals surface area contributed by atoms with Gasteiger partial charge in [0.2, 0.25) is 0 Å². The second-order valence-corrected chi connectivity index (χ2v) is 5.96. The third-order valence-corrected chi connectivity index (χ3v) is 3.43. The second-order valence-electron chi connectivity index (χ2n) is 5.96. The first-order chi connectivity index (χ1) is 7.89. The monoisotopic (exact) mass is 228 g/mol. The van der Waals surface area contributed by atoms with Gasteiger partial charge in [-0.25, -0.2) is 0 Å². The van der Waals surface area contributed by atoms with Gasteiger partial charge in [-0.1, -0.05) is 49.2 Å². The number of benzene rings is 1. The van der Waals surface area contributed by atoms with Crippen molar-refractivity contribution < 1.29 is 4.79 Å². The zero-order valence-corrected chi connectivity index (χ0v) is 11.1. The zero-order valence-electron chi connectivity index (χ0n) is 11.1. The molecule has 0 fully saturated rings. The van der Waals surface area contributed by atoms with Gasteiger partial charge in [0, 0.05) is 12.0 Å². The second kappa shape index (κ2) is 4.14. The Morgan fingerprint density at radius 2 is 1.59 bits per heavy atom. The minimum absolute atomic E-state index is 0.120. The van der Waals surface area contributed by atoms with Crippen molar-refractivity contribution in [2.45, 2.75) is 40.5 Å². The van der Waals surface area contributed by atoms with Crippen LogP contribution in [-0.4, -0.2) is 5.78 Å². The van der Waals surface area contributed by atoms with Crippen LogP contribution in [0.3, 0.4) is 0 Å². The van der Waals surface area contributed by atoms with Gasteiger partial charge in [-0.05, 0) is 31.2 Å². The summed E-state index contributed by atoms with van der Waals surface area (Å²) in [5.74, 6) is 0.294. The van der Waals surface area contributed by atoms with Crippen LogP contribution in [0, 0.1) is 12.3 Å². The molecule has 0 saturated heterocycles. The van der Waals surface area contributed by atoms with E-state index in [4.69, 9.17) is 0 Å². The molecule has 0 radical (unpaired) electrons. The van der Waals surface area contributed by atoms with Gasteiger partial charge in [0.15, 0.2) is 5.78 Å². The third-order valence-electron chi connectivity index (χ3n) is 3.43. The van der Waals surface area contributed by atoms with Crippen molar-refractivity contribution in [3.8, 4) is 0 Å². The zero-order chi connectivity index (χ0) is 12.6. The number of hydrogen-bond acceptors (Lipinski definition) is 1. The van der Waals surface area contributed by atoms with Crippen molar-refractivity contribution in [2.24, 2.45) is 5.41 Å². The first kappa shape index (κ1) is 12.1. The number of Topliss-reactive ketones (excluding diaryl/α,β-unsaturated/α-hetero) is 1. The molecule has 0 heterocycles. The number of ketones is 1. The van der Waals surface area contributed by atoms with E-state index in [0.717, 1.165) is 17.6 Å². The number of hydrogen-bond donors (Lipinski definition) is 0. The largest absolute Gasteiger partial charge is 0.294 e. The summed E-state index contributed by atoms with van der Waals surface area (Å²) in [5, 5.41) is 0. The highest BCUT2D eigenvalue weighted by atomic mass is 16.1. The van der Waals surface area contributed by atoms with Crippen LogP contribution in [0.5, 0.6) is 0 Å². The van der Waals surface area contributed by atoms with Gasteiger partial charge in [-0.2, -0.15) is 0 Å². The summed E-state index contributed by atoms with van der Waals surface area (Å²) in [7, 11) is 0. The minimum atomic E-state index is 0.120. The van der Waals surface area contributed by atoms with Crippen molar-refractivity contribution in [3.05, 3.63) is 41.0 Å². The highest BCUT2D eigenvalue weighted by molar-refractivity contribution is 6.22. The van der Waals surface area contributed by atoms with Crippen LogP contribution in [0.2, 0.25) is 0 Å². The summed E-state index contributed by atoms with van der Waals surface area (Å²) in [6, 6.07) is 8.26. The van der Waals surface area contributed by atoms with Crippen molar-refractivity contribution in [1.29, 1.82) is 0 Å². The van der Waals surface area contributed by atoms with Crippen LogP contribution in [0.4, 0.5) is 0 Å². The third kappa shape index (κ3) is 2.49. The molecule has 0 saturated carbocycles. The van der Waals surface area contributed by atoms with Crippen molar-refractivity contribution in [2.75, 3.05) is 0 Å². The summed E-state index contributed by atoms with van der Waals surface area (Å²) < 4.78 is 0. The van der Waals surface area contributed by atoms with E-state index in [1.54, 1.807) is 0 Å². The van der Waals surface area contributed by atoms with Gasteiger partial charge in [-0.15, -0.1) is 0 Å². The average Bonchev–Trinajstić information content (AvgIpc) is 2.18. The molecule has 0 aliphatic heterocycles.